The molecule has 0 spiro atoms. The van der Waals surface area contributed by atoms with Crippen LogP contribution in [0, 0.1) is 0 Å². The zero-order chi connectivity index (χ0) is 41.8. The van der Waals surface area contributed by atoms with E-state index < -0.39 is 26.5 Å². The molecule has 0 aliphatic heterocycles. The van der Waals surface area contributed by atoms with E-state index in [1.165, 1.54) is 77.0 Å². The fraction of sp³-hybridized carbons (Fsp3) is 0.745. The molecule has 57 heavy (non-hydrogen) atoms. The second-order valence-electron chi connectivity index (χ2n) is 15.0. The molecular formula is C47H84NO8P. The molecule has 10 heteroatoms. The molecule has 1 amide bonds. The van der Waals surface area contributed by atoms with Gasteiger partial charge in [0, 0.05) is 19.4 Å². The minimum Gasteiger partial charge on any atom is -0.463 e. The van der Waals surface area contributed by atoms with Gasteiger partial charge in [-0.05, 0) is 57.8 Å². The Hall–Kier alpha value is -2.29. The van der Waals surface area contributed by atoms with Crippen molar-refractivity contribution >= 4 is 19.7 Å². The Kier molecular flexibility index (Phi) is 41.6. The molecule has 2 unspecified atom stereocenters. The van der Waals surface area contributed by atoms with Gasteiger partial charge in [0.15, 0.2) is 0 Å². The summed E-state index contributed by atoms with van der Waals surface area (Å²) in [6.07, 6.45) is 51.5. The number of phosphoric ester groups is 1. The quantitative estimate of drug-likeness (QED) is 0.0240. The zero-order valence-corrected chi connectivity index (χ0v) is 37.2. The Morgan fingerprint density at radius 3 is 1.51 bits per heavy atom. The topological polar surface area (TPSA) is 131 Å². The van der Waals surface area contributed by atoms with Crippen LogP contribution in [0.2, 0.25) is 0 Å². The lowest BCUT2D eigenvalue weighted by atomic mass is 10.0. The number of aliphatic hydroxyl groups is 1. The van der Waals surface area contributed by atoms with E-state index in [2.05, 4.69) is 79.9 Å². The lowest BCUT2D eigenvalue weighted by Gasteiger charge is -2.15. The van der Waals surface area contributed by atoms with Crippen LogP contribution in [0.25, 0.3) is 0 Å². The van der Waals surface area contributed by atoms with Crippen LogP contribution in [0.15, 0.2) is 60.8 Å². The molecule has 330 valence electrons. The summed E-state index contributed by atoms with van der Waals surface area (Å²) in [5, 5.41) is 12.7. The van der Waals surface area contributed by atoms with Crippen molar-refractivity contribution in [1.82, 2.24) is 5.32 Å². The van der Waals surface area contributed by atoms with Gasteiger partial charge in [0.1, 0.15) is 12.7 Å². The minimum atomic E-state index is -4.42. The number of allylic oxidation sites excluding steroid dienone is 10. The normalized spacial score (nSPS) is 13.8. The number of carbonyl (C=O) groups excluding carboxylic acids is 2. The van der Waals surface area contributed by atoms with Crippen LogP contribution < -0.4 is 5.32 Å². The van der Waals surface area contributed by atoms with Crippen LogP contribution in [-0.4, -0.2) is 54.3 Å². The number of hydrogen-bond acceptors (Lipinski definition) is 7. The van der Waals surface area contributed by atoms with Crippen LogP contribution in [0.4, 0.5) is 0 Å². The largest absolute Gasteiger partial charge is 0.472 e. The van der Waals surface area contributed by atoms with Crippen molar-refractivity contribution < 1.29 is 37.9 Å². The Balaban J connectivity index is 3.64. The molecular weight excluding hydrogens is 737 g/mol. The molecule has 3 N–H and O–H groups in total. The lowest BCUT2D eigenvalue weighted by Crippen LogP contribution is -2.27. The van der Waals surface area contributed by atoms with Crippen LogP contribution in [0.1, 0.15) is 194 Å². The average Bonchev–Trinajstić information content (AvgIpc) is 3.20. The summed E-state index contributed by atoms with van der Waals surface area (Å²) >= 11 is 0. The van der Waals surface area contributed by atoms with E-state index >= 15 is 0 Å². The van der Waals surface area contributed by atoms with Crippen molar-refractivity contribution in [3.63, 3.8) is 0 Å². The highest BCUT2D eigenvalue weighted by Gasteiger charge is 2.23. The van der Waals surface area contributed by atoms with Crippen LogP contribution in [-0.2, 0) is 27.9 Å². The third-order valence-electron chi connectivity index (χ3n) is 9.46. The van der Waals surface area contributed by atoms with Crippen molar-refractivity contribution in [2.75, 3.05) is 26.4 Å². The molecule has 0 aliphatic rings. The monoisotopic (exact) mass is 822 g/mol. The third kappa shape index (κ3) is 44.7. The molecule has 0 heterocycles. The predicted octanol–water partition coefficient (Wildman–Crippen LogP) is 12.9. The number of esters is 1. The maximum atomic E-state index is 12.1. The first kappa shape index (κ1) is 54.7. The van der Waals surface area contributed by atoms with Gasteiger partial charge in [-0.1, -0.05) is 184 Å². The van der Waals surface area contributed by atoms with Gasteiger partial charge in [-0.15, -0.1) is 0 Å². The van der Waals surface area contributed by atoms with Crippen molar-refractivity contribution in [3.8, 4) is 0 Å². The van der Waals surface area contributed by atoms with E-state index in [1.807, 2.05) is 0 Å². The maximum absolute atomic E-state index is 12.1. The molecule has 0 aromatic heterocycles. The third-order valence-corrected chi connectivity index (χ3v) is 10.4. The number of nitrogens with one attached hydrogen (secondary N) is 1. The van der Waals surface area contributed by atoms with E-state index in [0.717, 1.165) is 83.5 Å². The van der Waals surface area contributed by atoms with Gasteiger partial charge in [0.25, 0.3) is 0 Å². The molecule has 0 bridgehead atoms. The van der Waals surface area contributed by atoms with Crippen LogP contribution in [0.5, 0.6) is 0 Å². The fourth-order valence-corrected chi connectivity index (χ4v) is 6.81. The summed E-state index contributed by atoms with van der Waals surface area (Å²) in [6.45, 7) is 3.43. The first-order chi connectivity index (χ1) is 27.8. The number of phosphoric acid groups is 1. The van der Waals surface area contributed by atoms with E-state index in [4.69, 9.17) is 13.8 Å². The molecule has 0 saturated carbocycles. The van der Waals surface area contributed by atoms with E-state index in [0.29, 0.717) is 12.8 Å². The SMILES string of the molecule is CC/C=C\C/C=C\C/C=C\C/C=C\C/C=C\CCCCCCCC(=O)OCC(O)COP(=O)(O)OCCNC(=O)CCCCCCCCCCCCCCCCC. The highest BCUT2D eigenvalue weighted by molar-refractivity contribution is 7.47. The fourth-order valence-electron chi connectivity index (χ4n) is 6.05. The molecule has 0 radical (unpaired) electrons. The van der Waals surface area contributed by atoms with Crippen LogP contribution >= 0.6 is 7.82 Å². The summed E-state index contributed by atoms with van der Waals surface area (Å²) in [5.74, 6) is -0.534. The molecule has 0 fully saturated rings. The Labute approximate surface area is 348 Å². The Morgan fingerprint density at radius 1 is 0.561 bits per heavy atom. The Bertz CT molecular complexity index is 1120. The molecule has 0 saturated heterocycles. The number of aliphatic hydroxyl groups excluding tert-OH is 1. The number of ether oxygens (including phenoxy) is 1. The van der Waals surface area contributed by atoms with Gasteiger partial charge in [-0.25, -0.2) is 4.57 Å². The highest BCUT2D eigenvalue weighted by Crippen LogP contribution is 2.42. The first-order valence-electron chi connectivity index (χ1n) is 22.8. The zero-order valence-electron chi connectivity index (χ0n) is 36.3. The first-order valence-corrected chi connectivity index (χ1v) is 24.3. The number of unbranched alkanes of at least 4 members (excludes halogenated alkanes) is 19. The number of rotatable bonds is 42. The molecule has 0 aliphatic carbocycles. The molecule has 2 atom stereocenters. The van der Waals surface area contributed by atoms with Gasteiger partial charge in [0.2, 0.25) is 5.91 Å². The van der Waals surface area contributed by atoms with Crippen molar-refractivity contribution in [1.29, 1.82) is 0 Å². The van der Waals surface area contributed by atoms with Crippen molar-refractivity contribution in [2.24, 2.45) is 0 Å². The lowest BCUT2D eigenvalue weighted by molar-refractivity contribution is -0.147. The van der Waals surface area contributed by atoms with Crippen molar-refractivity contribution in [2.45, 2.75) is 200 Å². The second kappa shape index (κ2) is 43.3. The summed E-state index contributed by atoms with van der Waals surface area (Å²) in [4.78, 5) is 33.9. The molecule has 0 rings (SSSR count). The minimum absolute atomic E-state index is 0.0793. The summed E-state index contributed by atoms with van der Waals surface area (Å²) in [5.41, 5.74) is 0. The number of hydrogen-bond donors (Lipinski definition) is 3. The van der Waals surface area contributed by atoms with E-state index in [-0.39, 0.29) is 32.1 Å². The highest BCUT2D eigenvalue weighted by atomic mass is 31.2. The van der Waals surface area contributed by atoms with Gasteiger partial charge < -0.3 is 20.1 Å². The molecule has 0 aromatic carbocycles. The predicted molar refractivity (Wildman–Crippen MR) is 238 cm³/mol. The second-order valence-corrected chi connectivity index (χ2v) is 16.5. The molecule has 0 aromatic rings. The van der Waals surface area contributed by atoms with Gasteiger partial charge in [-0.2, -0.15) is 0 Å². The van der Waals surface area contributed by atoms with E-state index in [1.54, 1.807) is 0 Å². The maximum Gasteiger partial charge on any atom is 0.472 e. The van der Waals surface area contributed by atoms with Crippen LogP contribution in [0.3, 0.4) is 0 Å². The van der Waals surface area contributed by atoms with Crippen molar-refractivity contribution in [3.05, 3.63) is 60.8 Å². The van der Waals surface area contributed by atoms with E-state index in [9.17, 15) is 24.2 Å². The smallest absolute Gasteiger partial charge is 0.463 e. The summed E-state index contributed by atoms with van der Waals surface area (Å²) in [7, 11) is -4.42. The summed E-state index contributed by atoms with van der Waals surface area (Å²) in [6, 6.07) is 0. The van der Waals surface area contributed by atoms with Gasteiger partial charge in [0.05, 0.1) is 13.2 Å². The average molecular weight is 822 g/mol. The number of amides is 1. The summed E-state index contributed by atoms with van der Waals surface area (Å²) < 4.78 is 26.9. The Morgan fingerprint density at radius 2 is 1.00 bits per heavy atom. The molecule has 9 nitrogen and oxygen atoms in total. The number of carbonyl (C=O) groups is 2. The van der Waals surface area contributed by atoms with Gasteiger partial charge >= 0.3 is 13.8 Å². The standard InChI is InChI=1S/C47H84NO8P/c1-3-5-7-9-11-13-15-17-19-20-21-22-23-24-26-28-30-32-34-36-38-40-47(51)54-43-45(49)44-56-57(52,53)55-42-41-48-46(50)39-37-35-33-31-29-27-25-18-16-14-12-10-8-6-4-2/h5,7,11,13,17,19,21-22,24,26,45,49H,3-4,6,8-10,12,14-16,18,20,23,25,27-44H2,1-2H3,(H,48,50)(H,52,53)/b7-5-,13-11-,19-17-,22-21-,26-24-. The van der Waals surface area contributed by atoms with Gasteiger partial charge in [-0.3, -0.25) is 18.6 Å².